The van der Waals surface area contributed by atoms with Gasteiger partial charge < -0.3 is 0 Å². The molecule has 88 valence electrons. The lowest BCUT2D eigenvalue weighted by Gasteiger charge is -2.17. The second-order valence-electron chi connectivity index (χ2n) is 3.92. The number of nitrogens with one attached hydrogen (secondary N) is 1. The van der Waals surface area contributed by atoms with Crippen LogP contribution in [0, 0.1) is 0 Å². The van der Waals surface area contributed by atoms with Crippen LogP contribution in [0.2, 0.25) is 0 Å². The van der Waals surface area contributed by atoms with Gasteiger partial charge in [-0.1, -0.05) is 0 Å². The summed E-state index contributed by atoms with van der Waals surface area (Å²) >= 11 is 0. The summed E-state index contributed by atoms with van der Waals surface area (Å²) in [4.78, 5) is 3.92. The van der Waals surface area contributed by atoms with E-state index in [1.807, 2.05) is 19.1 Å². The predicted octanol–water partition coefficient (Wildman–Crippen LogP) is 0.163. The first-order valence-electron chi connectivity index (χ1n) is 5.25. The number of hydrogen-bond donors (Lipinski definition) is 1. The molecule has 1 atom stereocenters. The van der Waals surface area contributed by atoms with E-state index in [9.17, 15) is 8.42 Å². The van der Waals surface area contributed by atoms with Gasteiger partial charge in [-0.3, -0.25) is 4.98 Å². The first kappa shape index (κ1) is 11.5. The van der Waals surface area contributed by atoms with Crippen LogP contribution < -0.4 is 4.72 Å². The topological polar surface area (TPSA) is 62.3 Å². The summed E-state index contributed by atoms with van der Waals surface area (Å²) in [7, 11) is -3.24. The minimum absolute atomic E-state index is 0.0341. The van der Waals surface area contributed by atoms with Crippen LogP contribution in [0.15, 0.2) is 24.5 Å². The first-order chi connectivity index (χ1) is 7.59. The highest BCUT2D eigenvalue weighted by molar-refractivity contribution is 7.87. The molecule has 0 aliphatic carbocycles. The molecular formula is C10H15N3O2S. The zero-order valence-electron chi connectivity index (χ0n) is 9.13. The number of nitrogens with zero attached hydrogens (tertiary/aromatic N) is 2. The molecule has 6 heteroatoms. The summed E-state index contributed by atoms with van der Waals surface area (Å²) in [6.07, 6.45) is 4.15. The van der Waals surface area contributed by atoms with Crippen molar-refractivity contribution in [3.05, 3.63) is 30.1 Å². The fourth-order valence-electron chi connectivity index (χ4n) is 1.78. The van der Waals surface area contributed by atoms with Gasteiger partial charge in [-0.2, -0.15) is 12.7 Å². The summed E-state index contributed by atoms with van der Waals surface area (Å²) in [5, 5.41) is 0. The van der Waals surface area contributed by atoms with Gasteiger partial charge in [-0.25, -0.2) is 4.72 Å². The van der Waals surface area contributed by atoms with Crippen molar-refractivity contribution in [1.29, 1.82) is 0 Å². The highest BCUT2D eigenvalue weighted by Gasteiger charge is 2.33. The summed E-state index contributed by atoms with van der Waals surface area (Å²) in [6.45, 7) is 2.92. The monoisotopic (exact) mass is 241 g/mol. The molecule has 1 aliphatic heterocycles. The Labute approximate surface area is 95.7 Å². The fourth-order valence-corrected chi connectivity index (χ4v) is 3.27. The highest BCUT2D eigenvalue weighted by atomic mass is 32.2. The third kappa shape index (κ3) is 2.40. The quantitative estimate of drug-likeness (QED) is 0.820. The minimum Gasteiger partial charge on any atom is -0.265 e. The van der Waals surface area contributed by atoms with Gasteiger partial charge in [0.25, 0.3) is 10.2 Å². The van der Waals surface area contributed by atoms with E-state index in [0.29, 0.717) is 19.5 Å². The maximum absolute atomic E-state index is 11.6. The Balaban J connectivity index is 2.00. The van der Waals surface area contributed by atoms with Gasteiger partial charge in [-0.05, 0) is 31.0 Å². The molecular weight excluding hydrogens is 226 g/mol. The SMILES string of the molecule is CC1CNS(=O)(=O)N1CCc1ccncc1. The third-order valence-electron chi connectivity index (χ3n) is 2.73. The maximum Gasteiger partial charge on any atom is 0.279 e. The lowest BCUT2D eigenvalue weighted by atomic mass is 10.2. The zero-order chi connectivity index (χ0) is 11.6. The second-order valence-corrected chi connectivity index (χ2v) is 5.63. The van der Waals surface area contributed by atoms with E-state index in [2.05, 4.69) is 9.71 Å². The molecule has 5 nitrogen and oxygen atoms in total. The Morgan fingerprint density at radius 1 is 1.50 bits per heavy atom. The Kier molecular flexibility index (Phi) is 3.22. The van der Waals surface area contributed by atoms with Crippen LogP contribution in [-0.2, 0) is 16.6 Å². The molecule has 1 aromatic rings. The van der Waals surface area contributed by atoms with E-state index in [4.69, 9.17) is 0 Å². The van der Waals surface area contributed by atoms with Gasteiger partial charge >= 0.3 is 0 Å². The van der Waals surface area contributed by atoms with Crippen molar-refractivity contribution in [2.24, 2.45) is 0 Å². The average molecular weight is 241 g/mol. The predicted molar refractivity (Wildman–Crippen MR) is 61.0 cm³/mol. The van der Waals surface area contributed by atoms with E-state index in [1.165, 1.54) is 4.31 Å². The summed E-state index contributed by atoms with van der Waals surface area (Å²) in [5.74, 6) is 0. The molecule has 2 heterocycles. The minimum atomic E-state index is -3.24. The van der Waals surface area contributed by atoms with E-state index >= 15 is 0 Å². The molecule has 0 amide bonds. The van der Waals surface area contributed by atoms with Crippen LogP contribution in [0.1, 0.15) is 12.5 Å². The van der Waals surface area contributed by atoms with Crippen molar-refractivity contribution in [2.45, 2.75) is 19.4 Å². The van der Waals surface area contributed by atoms with Crippen LogP contribution in [0.4, 0.5) is 0 Å². The van der Waals surface area contributed by atoms with Crippen LogP contribution in [0.25, 0.3) is 0 Å². The Morgan fingerprint density at radius 3 is 2.75 bits per heavy atom. The fraction of sp³-hybridized carbons (Fsp3) is 0.500. The molecule has 2 rings (SSSR count). The lowest BCUT2D eigenvalue weighted by Crippen LogP contribution is -2.35. The maximum atomic E-state index is 11.6. The molecule has 1 saturated heterocycles. The first-order valence-corrected chi connectivity index (χ1v) is 6.69. The van der Waals surface area contributed by atoms with Gasteiger partial charge in [0.2, 0.25) is 0 Å². The molecule has 1 N–H and O–H groups in total. The number of hydrogen-bond acceptors (Lipinski definition) is 3. The Bertz CT molecular complexity index is 446. The summed E-state index contributed by atoms with van der Waals surface area (Å²) in [5.41, 5.74) is 1.10. The molecule has 0 spiro atoms. The molecule has 16 heavy (non-hydrogen) atoms. The third-order valence-corrected chi connectivity index (χ3v) is 4.42. The molecule has 0 radical (unpaired) electrons. The van der Waals surface area contributed by atoms with Crippen LogP contribution >= 0.6 is 0 Å². The largest absolute Gasteiger partial charge is 0.279 e. The Morgan fingerprint density at radius 2 is 2.19 bits per heavy atom. The number of aromatic nitrogens is 1. The van der Waals surface area contributed by atoms with Gasteiger partial charge in [0.05, 0.1) is 0 Å². The molecule has 1 aromatic heterocycles. The van der Waals surface area contributed by atoms with Gasteiger partial charge in [-0.15, -0.1) is 0 Å². The zero-order valence-corrected chi connectivity index (χ0v) is 9.94. The average Bonchev–Trinajstić information content (AvgIpc) is 2.52. The lowest BCUT2D eigenvalue weighted by molar-refractivity contribution is 0.377. The van der Waals surface area contributed by atoms with E-state index in [-0.39, 0.29) is 6.04 Å². The van der Waals surface area contributed by atoms with Gasteiger partial charge in [0.1, 0.15) is 0 Å². The van der Waals surface area contributed by atoms with Crippen LogP contribution in [0.5, 0.6) is 0 Å². The van der Waals surface area contributed by atoms with Crippen LogP contribution in [0.3, 0.4) is 0 Å². The van der Waals surface area contributed by atoms with Crippen molar-refractivity contribution in [3.8, 4) is 0 Å². The van der Waals surface area contributed by atoms with Crippen molar-refractivity contribution < 1.29 is 8.42 Å². The van der Waals surface area contributed by atoms with Gasteiger partial charge in [0, 0.05) is 31.5 Å². The van der Waals surface area contributed by atoms with Crippen LogP contribution in [-0.4, -0.2) is 36.8 Å². The second kappa shape index (κ2) is 4.48. The normalized spacial score (nSPS) is 24.7. The van der Waals surface area contributed by atoms with E-state index < -0.39 is 10.2 Å². The van der Waals surface area contributed by atoms with Gasteiger partial charge in [0.15, 0.2) is 0 Å². The highest BCUT2D eigenvalue weighted by Crippen LogP contribution is 2.13. The molecule has 1 fully saturated rings. The van der Waals surface area contributed by atoms with E-state index in [1.54, 1.807) is 12.4 Å². The van der Waals surface area contributed by atoms with Crippen molar-refractivity contribution in [3.63, 3.8) is 0 Å². The Hall–Kier alpha value is -0.980. The standard InChI is InChI=1S/C10H15N3O2S/c1-9-8-12-16(14,15)13(9)7-4-10-2-5-11-6-3-10/h2-3,5-6,9,12H,4,7-8H2,1H3. The molecule has 1 aliphatic rings. The van der Waals surface area contributed by atoms with E-state index in [0.717, 1.165) is 5.56 Å². The molecule has 0 bridgehead atoms. The number of rotatable bonds is 3. The smallest absolute Gasteiger partial charge is 0.265 e. The summed E-state index contributed by atoms with van der Waals surface area (Å²) in [6, 6.07) is 3.84. The van der Waals surface area contributed by atoms with Crippen molar-refractivity contribution in [1.82, 2.24) is 14.0 Å². The van der Waals surface area contributed by atoms with Crippen molar-refractivity contribution >= 4 is 10.2 Å². The molecule has 0 aromatic carbocycles. The number of pyridine rings is 1. The summed E-state index contributed by atoms with van der Waals surface area (Å²) < 4.78 is 27.2. The molecule has 1 unspecified atom stereocenters. The van der Waals surface area contributed by atoms with Crippen molar-refractivity contribution in [2.75, 3.05) is 13.1 Å². The molecule has 0 saturated carbocycles.